The molecular weight excluding hydrogens is 296 g/mol. The van der Waals surface area contributed by atoms with E-state index in [1.165, 1.54) is 14.2 Å². The highest BCUT2D eigenvalue weighted by atomic mass is 16.5. The van der Waals surface area contributed by atoms with Crippen molar-refractivity contribution in [3.63, 3.8) is 0 Å². The predicted octanol–water partition coefficient (Wildman–Crippen LogP) is 3.43. The zero-order chi connectivity index (χ0) is 16.8. The SMILES string of the molecule is COC(=O)c1cccc(NC(=O)Nc2ccccc2OC)c1C. The van der Waals surface area contributed by atoms with E-state index in [0.29, 0.717) is 28.3 Å². The molecule has 2 N–H and O–H groups in total. The van der Waals surface area contributed by atoms with Gasteiger partial charge in [-0.3, -0.25) is 0 Å². The van der Waals surface area contributed by atoms with Gasteiger partial charge in [-0.2, -0.15) is 0 Å². The maximum Gasteiger partial charge on any atom is 0.338 e. The van der Waals surface area contributed by atoms with E-state index in [-0.39, 0.29) is 0 Å². The summed E-state index contributed by atoms with van der Waals surface area (Å²) in [6.07, 6.45) is 0. The van der Waals surface area contributed by atoms with E-state index < -0.39 is 12.0 Å². The number of urea groups is 1. The second-order valence-electron chi connectivity index (χ2n) is 4.75. The molecule has 0 aliphatic heterocycles. The standard InChI is InChI=1S/C17H18N2O4/c1-11-12(16(20)23-3)7-6-9-13(11)18-17(21)19-14-8-4-5-10-15(14)22-2/h4-10H,1-3H3,(H2,18,19,21). The van der Waals surface area contributed by atoms with Crippen LogP contribution in [0.1, 0.15) is 15.9 Å². The molecule has 2 rings (SSSR count). The maximum absolute atomic E-state index is 12.2. The number of esters is 1. The van der Waals surface area contributed by atoms with Crippen molar-refractivity contribution < 1.29 is 19.1 Å². The molecule has 0 fully saturated rings. The van der Waals surface area contributed by atoms with Gasteiger partial charge in [-0.15, -0.1) is 0 Å². The smallest absolute Gasteiger partial charge is 0.338 e. The Kier molecular flexibility index (Phi) is 5.19. The van der Waals surface area contributed by atoms with Crippen LogP contribution in [0.25, 0.3) is 0 Å². The molecule has 0 aromatic heterocycles. The molecule has 0 spiro atoms. The number of carbonyl (C=O) groups is 2. The number of methoxy groups -OCH3 is 2. The molecule has 0 atom stereocenters. The van der Waals surface area contributed by atoms with Crippen LogP contribution >= 0.6 is 0 Å². The molecule has 0 aliphatic carbocycles. The van der Waals surface area contributed by atoms with E-state index in [9.17, 15) is 9.59 Å². The van der Waals surface area contributed by atoms with E-state index >= 15 is 0 Å². The molecule has 2 aromatic carbocycles. The van der Waals surface area contributed by atoms with Crippen LogP contribution in [-0.2, 0) is 4.74 Å². The average molecular weight is 314 g/mol. The third kappa shape index (κ3) is 3.79. The van der Waals surface area contributed by atoms with Gasteiger partial charge in [0.15, 0.2) is 0 Å². The van der Waals surface area contributed by atoms with Gasteiger partial charge in [0.25, 0.3) is 0 Å². The zero-order valence-electron chi connectivity index (χ0n) is 13.2. The van der Waals surface area contributed by atoms with Crippen LogP contribution in [0.3, 0.4) is 0 Å². The van der Waals surface area contributed by atoms with Gasteiger partial charge in [-0.25, -0.2) is 9.59 Å². The molecule has 6 heteroatoms. The van der Waals surface area contributed by atoms with Crippen LogP contribution in [0.2, 0.25) is 0 Å². The van der Waals surface area contributed by atoms with Crippen molar-refractivity contribution in [3.8, 4) is 5.75 Å². The summed E-state index contributed by atoms with van der Waals surface area (Å²) < 4.78 is 9.90. The van der Waals surface area contributed by atoms with E-state index in [4.69, 9.17) is 9.47 Å². The number of benzene rings is 2. The number of ether oxygens (including phenoxy) is 2. The first kappa shape index (κ1) is 16.4. The lowest BCUT2D eigenvalue weighted by atomic mass is 10.1. The third-order valence-corrected chi connectivity index (χ3v) is 3.34. The van der Waals surface area contributed by atoms with Crippen molar-refractivity contribution in [2.24, 2.45) is 0 Å². The number of carbonyl (C=O) groups excluding carboxylic acids is 2. The monoisotopic (exact) mass is 314 g/mol. The Bertz CT molecular complexity index is 728. The number of hydrogen-bond donors (Lipinski definition) is 2. The molecule has 0 heterocycles. The fraction of sp³-hybridized carbons (Fsp3) is 0.176. The molecule has 0 bridgehead atoms. The molecule has 120 valence electrons. The first-order valence-corrected chi connectivity index (χ1v) is 6.95. The highest BCUT2D eigenvalue weighted by Crippen LogP contribution is 2.24. The molecule has 0 aliphatic rings. The summed E-state index contributed by atoms with van der Waals surface area (Å²) in [5.74, 6) is 0.110. The molecule has 2 amide bonds. The largest absolute Gasteiger partial charge is 0.495 e. The van der Waals surface area contributed by atoms with Crippen LogP contribution in [-0.4, -0.2) is 26.2 Å². The first-order valence-electron chi connectivity index (χ1n) is 6.95. The van der Waals surface area contributed by atoms with Crippen molar-refractivity contribution in [2.75, 3.05) is 24.9 Å². The Morgan fingerprint density at radius 3 is 2.26 bits per heavy atom. The lowest BCUT2D eigenvalue weighted by Gasteiger charge is -2.13. The summed E-state index contributed by atoms with van der Waals surface area (Å²) in [7, 11) is 2.85. The van der Waals surface area contributed by atoms with Gasteiger partial charge in [0, 0.05) is 5.69 Å². The number of anilines is 2. The highest BCUT2D eigenvalue weighted by Gasteiger charge is 2.14. The Morgan fingerprint density at radius 2 is 1.57 bits per heavy atom. The Morgan fingerprint density at radius 1 is 0.913 bits per heavy atom. The normalized spacial score (nSPS) is 9.87. The predicted molar refractivity (Wildman–Crippen MR) is 88.2 cm³/mol. The summed E-state index contributed by atoms with van der Waals surface area (Å²) in [5, 5.41) is 5.42. The van der Waals surface area contributed by atoms with Crippen LogP contribution in [0.5, 0.6) is 5.75 Å². The first-order chi connectivity index (χ1) is 11.1. The van der Waals surface area contributed by atoms with Gasteiger partial charge < -0.3 is 20.1 Å². The third-order valence-electron chi connectivity index (χ3n) is 3.34. The minimum atomic E-state index is -0.448. The Labute approximate surface area is 134 Å². The molecule has 0 saturated carbocycles. The van der Waals surface area contributed by atoms with Gasteiger partial charge in [-0.05, 0) is 36.8 Å². The Balaban J connectivity index is 2.16. The quantitative estimate of drug-likeness (QED) is 0.848. The Hall–Kier alpha value is -3.02. The number of para-hydroxylation sites is 2. The van der Waals surface area contributed by atoms with Gasteiger partial charge in [0.05, 0.1) is 25.5 Å². The van der Waals surface area contributed by atoms with Crippen molar-refractivity contribution >= 4 is 23.4 Å². The number of nitrogens with one attached hydrogen (secondary N) is 2. The van der Waals surface area contributed by atoms with Crippen LogP contribution in [0.4, 0.5) is 16.2 Å². The van der Waals surface area contributed by atoms with Gasteiger partial charge in [0.1, 0.15) is 5.75 Å². The molecule has 6 nitrogen and oxygen atoms in total. The molecule has 0 unspecified atom stereocenters. The van der Waals surface area contributed by atoms with E-state index in [1.54, 1.807) is 43.3 Å². The number of amides is 2. The van der Waals surface area contributed by atoms with E-state index in [1.807, 2.05) is 6.07 Å². The van der Waals surface area contributed by atoms with E-state index in [2.05, 4.69) is 10.6 Å². The number of hydrogen-bond acceptors (Lipinski definition) is 4. The summed E-state index contributed by atoms with van der Waals surface area (Å²) in [6.45, 7) is 1.74. The highest BCUT2D eigenvalue weighted by molar-refractivity contribution is 6.02. The maximum atomic E-state index is 12.2. The minimum absolute atomic E-state index is 0.405. The topological polar surface area (TPSA) is 76.7 Å². The van der Waals surface area contributed by atoms with Crippen molar-refractivity contribution in [3.05, 3.63) is 53.6 Å². The van der Waals surface area contributed by atoms with E-state index in [0.717, 1.165) is 0 Å². The van der Waals surface area contributed by atoms with Gasteiger partial charge in [-0.1, -0.05) is 18.2 Å². The average Bonchev–Trinajstić information content (AvgIpc) is 2.56. The van der Waals surface area contributed by atoms with Crippen molar-refractivity contribution in [1.29, 1.82) is 0 Å². The second kappa shape index (κ2) is 7.31. The summed E-state index contributed by atoms with van der Waals surface area (Å²) in [4.78, 5) is 23.8. The van der Waals surface area contributed by atoms with Crippen molar-refractivity contribution in [1.82, 2.24) is 0 Å². The molecule has 2 aromatic rings. The minimum Gasteiger partial charge on any atom is -0.495 e. The van der Waals surface area contributed by atoms with Gasteiger partial charge in [0.2, 0.25) is 0 Å². The van der Waals surface area contributed by atoms with Crippen LogP contribution in [0, 0.1) is 6.92 Å². The van der Waals surface area contributed by atoms with Gasteiger partial charge >= 0.3 is 12.0 Å². The fourth-order valence-electron chi connectivity index (χ4n) is 2.13. The number of rotatable bonds is 4. The fourth-order valence-corrected chi connectivity index (χ4v) is 2.13. The second-order valence-corrected chi connectivity index (χ2v) is 4.75. The summed E-state index contributed by atoms with van der Waals surface area (Å²) >= 11 is 0. The molecule has 23 heavy (non-hydrogen) atoms. The zero-order valence-corrected chi connectivity index (χ0v) is 13.2. The molecule has 0 saturated heterocycles. The van der Waals surface area contributed by atoms with Crippen molar-refractivity contribution in [2.45, 2.75) is 6.92 Å². The molecular formula is C17H18N2O4. The molecule has 0 radical (unpaired) electrons. The summed E-state index contributed by atoms with van der Waals surface area (Å²) in [5.41, 5.74) is 2.12. The van der Waals surface area contributed by atoms with Crippen LogP contribution < -0.4 is 15.4 Å². The van der Waals surface area contributed by atoms with Crippen LogP contribution in [0.15, 0.2) is 42.5 Å². The summed E-state index contributed by atoms with van der Waals surface area (Å²) in [6, 6.07) is 11.7. The lowest BCUT2D eigenvalue weighted by molar-refractivity contribution is 0.0600. The lowest BCUT2D eigenvalue weighted by Crippen LogP contribution is -2.21.